The second-order valence-electron chi connectivity index (χ2n) is 4.54. The second-order valence-corrected chi connectivity index (χ2v) is 4.54. The van der Waals surface area contributed by atoms with Crippen molar-refractivity contribution < 1.29 is 19.1 Å². The third-order valence-electron chi connectivity index (χ3n) is 3.41. The summed E-state index contributed by atoms with van der Waals surface area (Å²) in [4.78, 5) is 23.2. The van der Waals surface area contributed by atoms with Crippen LogP contribution in [0.2, 0.25) is 0 Å². The van der Waals surface area contributed by atoms with Gasteiger partial charge in [-0.05, 0) is 17.7 Å². The number of rotatable bonds is 0. The summed E-state index contributed by atoms with van der Waals surface area (Å²) in [5, 5.41) is 0. The zero-order valence-corrected chi connectivity index (χ0v) is 9.80. The highest BCUT2D eigenvalue weighted by molar-refractivity contribution is 6.16. The number of para-hydroxylation sites is 1. The number of hydrogen-bond donors (Lipinski definition) is 0. The number of ether oxygens (including phenoxy) is 2. The zero-order valence-electron chi connectivity index (χ0n) is 9.80. The minimum absolute atomic E-state index is 0.247. The van der Waals surface area contributed by atoms with E-state index in [1.165, 1.54) is 0 Å². The number of carbonyl (C=O) groups is 2. The third kappa shape index (κ3) is 1.34. The molecule has 2 aromatic rings. The van der Waals surface area contributed by atoms with E-state index >= 15 is 0 Å². The van der Waals surface area contributed by atoms with E-state index in [-0.39, 0.29) is 11.1 Å². The minimum atomic E-state index is -0.628. The number of cyclic esters (lactones) is 2. The Hall–Kier alpha value is -2.62. The summed E-state index contributed by atoms with van der Waals surface area (Å²) in [5.41, 5.74) is 2.48. The Bertz CT molecular complexity index is 746. The largest absolute Gasteiger partial charge is 0.456 e. The molecule has 2 aliphatic heterocycles. The Morgan fingerprint density at radius 2 is 1.68 bits per heavy atom. The Kier molecular flexibility index (Phi) is 1.87. The van der Waals surface area contributed by atoms with E-state index in [0.717, 1.165) is 16.9 Å². The Morgan fingerprint density at radius 1 is 0.842 bits per heavy atom. The van der Waals surface area contributed by atoms with Crippen molar-refractivity contribution in [2.75, 3.05) is 0 Å². The van der Waals surface area contributed by atoms with Crippen LogP contribution in [0, 0.1) is 0 Å². The van der Waals surface area contributed by atoms with Gasteiger partial charge in [0.15, 0.2) is 0 Å². The molecule has 2 heterocycles. The minimum Gasteiger partial charge on any atom is -0.456 e. The lowest BCUT2D eigenvalue weighted by molar-refractivity contribution is 0.0443. The highest BCUT2D eigenvalue weighted by atomic mass is 16.6. The van der Waals surface area contributed by atoms with Gasteiger partial charge in [-0.3, -0.25) is 0 Å². The molecular weight excluding hydrogens is 244 g/mol. The SMILES string of the molecule is O=C1OC(=O)c2c1ccc1c2Oc2ccccc2C1. The Balaban J connectivity index is 1.94. The van der Waals surface area contributed by atoms with Crippen LogP contribution >= 0.6 is 0 Å². The quantitative estimate of drug-likeness (QED) is 0.456. The molecule has 4 nitrogen and oxygen atoms in total. The summed E-state index contributed by atoms with van der Waals surface area (Å²) in [6, 6.07) is 11.1. The summed E-state index contributed by atoms with van der Waals surface area (Å²) in [6.45, 7) is 0. The third-order valence-corrected chi connectivity index (χ3v) is 3.41. The standard InChI is InChI=1S/C15H8O4/c16-14-10-6-5-9-7-8-3-1-2-4-11(8)18-13(9)12(10)15(17)19-14/h1-6H,7H2. The van der Waals surface area contributed by atoms with Gasteiger partial charge in [0.25, 0.3) is 0 Å². The van der Waals surface area contributed by atoms with Gasteiger partial charge in [0, 0.05) is 12.0 Å². The van der Waals surface area contributed by atoms with Gasteiger partial charge < -0.3 is 9.47 Å². The van der Waals surface area contributed by atoms with E-state index < -0.39 is 11.9 Å². The fourth-order valence-electron chi connectivity index (χ4n) is 2.51. The highest BCUT2D eigenvalue weighted by Gasteiger charge is 2.36. The Labute approximate surface area is 108 Å². The molecule has 0 saturated heterocycles. The summed E-state index contributed by atoms with van der Waals surface area (Å²) in [7, 11) is 0. The number of benzene rings is 2. The van der Waals surface area contributed by atoms with Crippen LogP contribution in [-0.2, 0) is 11.2 Å². The van der Waals surface area contributed by atoms with Crippen molar-refractivity contribution >= 4 is 11.9 Å². The van der Waals surface area contributed by atoms with Gasteiger partial charge in [-0.25, -0.2) is 9.59 Å². The summed E-state index contributed by atoms with van der Waals surface area (Å²) in [6.07, 6.45) is 0.681. The number of esters is 2. The molecule has 0 unspecified atom stereocenters. The average Bonchev–Trinajstić information content (AvgIpc) is 2.72. The van der Waals surface area contributed by atoms with E-state index in [0.29, 0.717) is 12.2 Å². The van der Waals surface area contributed by atoms with Gasteiger partial charge in [0.05, 0.1) is 5.56 Å². The van der Waals surface area contributed by atoms with Crippen molar-refractivity contribution in [3.8, 4) is 11.5 Å². The van der Waals surface area contributed by atoms with E-state index in [4.69, 9.17) is 4.74 Å². The molecule has 4 heteroatoms. The number of fused-ring (bicyclic) bond motifs is 4. The number of hydrogen-bond acceptors (Lipinski definition) is 4. The van der Waals surface area contributed by atoms with Gasteiger partial charge in [-0.1, -0.05) is 24.3 Å². The van der Waals surface area contributed by atoms with Crippen molar-refractivity contribution in [1.82, 2.24) is 0 Å². The van der Waals surface area contributed by atoms with Crippen LogP contribution in [0.4, 0.5) is 0 Å². The molecule has 0 atom stereocenters. The molecule has 4 rings (SSSR count). The normalized spacial score (nSPS) is 15.2. The monoisotopic (exact) mass is 252 g/mol. The van der Waals surface area contributed by atoms with Gasteiger partial charge in [-0.2, -0.15) is 0 Å². The van der Waals surface area contributed by atoms with Gasteiger partial charge in [0.2, 0.25) is 0 Å². The lowest BCUT2D eigenvalue weighted by Crippen LogP contribution is -2.07. The lowest BCUT2D eigenvalue weighted by Gasteiger charge is -2.21. The molecule has 0 radical (unpaired) electrons. The first-order valence-corrected chi connectivity index (χ1v) is 5.92. The highest BCUT2D eigenvalue weighted by Crippen LogP contribution is 2.41. The van der Waals surface area contributed by atoms with Crippen LogP contribution in [0.15, 0.2) is 36.4 Å². The van der Waals surface area contributed by atoms with E-state index in [1.807, 2.05) is 30.3 Å². The molecule has 2 aromatic carbocycles. The predicted octanol–water partition coefficient (Wildman–Crippen LogP) is 2.69. The molecular formula is C15H8O4. The smallest absolute Gasteiger partial charge is 0.350 e. The average molecular weight is 252 g/mol. The predicted molar refractivity (Wildman–Crippen MR) is 65.5 cm³/mol. The summed E-state index contributed by atoms with van der Waals surface area (Å²) < 4.78 is 10.4. The van der Waals surface area contributed by atoms with Crippen molar-refractivity contribution in [3.63, 3.8) is 0 Å². The molecule has 0 aliphatic carbocycles. The van der Waals surface area contributed by atoms with Gasteiger partial charge in [0.1, 0.15) is 17.1 Å². The first-order chi connectivity index (χ1) is 9.24. The second kappa shape index (κ2) is 3.45. The Morgan fingerprint density at radius 3 is 2.58 bits per heavy atom. The first-order valence-electron chi connectivity index (χ1n) is 5.92. The number of carbonyl (C=O) groups excluding carboxylic acids is 2. The van der Waals surface area contributed by atoms with Crippen LogP contribution in [-0.4, -0.2) is 11.9 Å². The maximum absolute atomic E-state index is 11.7. The molecule has 0 fully saturated rings. The molecule has 0 amide bonds. The zero-order chi connectivity index (χ0) is 13.0. The van der Waals surface area contributed by atoms with Crippen LogP contribution in [0.25, 0.3) is 0 Å². The van der Waals surface area contributed by atoms with E-state index in [1.54, 1.807) is 6.07 Å². The van der Waals surface area contributed by atoms with E-state index in [2.05, 4.69) is 4.74 Å². The lowest BCUT2D eigenvalue weighted by atomic mass is 9.96. The van der Waals surface area contributed by atoms with Gasteiger partial charge >= 0.3 is 11.9 Å². The molecule has 0 saturated carbocycles. The molecule has 0 N–H and O–H groups in total. The fraction of sp³-hybridized carbons (Fsp3) is 0.0667. The molecule has 0 spiro atoms. The van der Waals surface area contributed by atoms with Crippen LogP contribution in [0.5, 0.6) is 11.5 Å². The molecule has 2 aliphatic rings. The van der Waals surface area contributed by atoms with Crippen LogP contribution in [0.1, 0.15) is 31.8 Å². The van der Waals surface area contributed by atoms with Crippen molar-refractivity contribution in [1.29, 1.82) is 0 Å². The van der Waals surface area contributed by atoms with Crippen molar-refractivity contribution in [3.05, 3.63) is 58.7 Å². The van der Waals surface area contributed by atoms with Crippen LogP contribution < -0.4 is 4.74 Å². The maximum Gasteiger partial charge on any atom is 0.350 e. The molecule has 0 aromatic heterocycles. The van der Waals surface area contributed by atoms with Gasteiger partial charge in [-0.15, -0.1) is 0 Å². The van der Waals surface area contributed by atoms with Crippen molar-refractivity contribution in [2.24, 2.45) is 0 Å². The topological polar surface area (TPSA) is 52.6 Å². The molecule has 19 heavy (non-hydrogen) atoms. The fourth-order valence-corrected chi connectivity index (χ4v) is 2.51. The van der Waals surface area contributed by atoms with E-state index in [9.17, 15) is 9.59 Å². The molecule has 92 valence electrons. The van der Waals surface area contributed by atoms with Crippen LogP contribution in [0.3, 0.4) is 0 Å². The first kappa shape index (κ1) is 10.3. The maximum atomic E-state index is 11.7. The molecule has 0 bridgehead atoms. The van der Waals surface area contributed by atoms with Crippen molar-refractivity contribution in [2.45, 2.75) is 6.42 Å². The summed E-state index contributed by atoms with van der Waals surface area (Å²) in [5.74, 6) is -0.0657. The summed E-state index contributed by atoms with van der Waals surface area (Å²) >= 11 is 0.